The summed E-state index contributed by atoms with van der Waals surface area (Å²) in [5.74, 6) is 1.46. The molecule has 0 saturated carbocycles. The molecule has 0 bridgehead atoms. The van der Waals surface area contributed by atoms with Gasteiger partial charge in [0.15, 0.2) is 0 Å². The monoisotopic (exact) mass is 360 g/mol. The van der Waals surface area contributed by atoms with Gasteiger partial charge in [-0.05, 0) is 55.2 Å². The van der Waals surface area contributed by atoms with Crippen molar-refractivity contribution in [2.45, 2.75) is 19.8 Å². The molecule has 1 aliphatic rings. The fourth-order valence-electron chi connectivity index (χ4n) is 3.81. The number of rotatable bonds is 3. The van der Waals surface area contributed by atoms with Gasteiger partial charge < -0.3 is 9.64 Å². The van der Waals surface area contributed by atoms with Crippen molar-refractivity contribution in [3.63, 3.8) is 0 Å². The molecule has 4 heteroatoms. The number of carbonyl (C=O) groups excluding carboxylic acids is 1. The molecule has 2 heterocycles. The predicted molar refractivity (Wildman–Crippen MR) is 108 cm³/mol. The predicted octanol–water partition coefficient (Wildman–Crippen LogP) is 4.78. The molecular formula is C23H24N2O2. The van der Waals surface area contributed by atoms with Gasteiger partial charge in [0.25, 0.3) is 5.91 Å². The van der Waals surface area contributed by atoms with Crippen molar-refractivity contribution in [1.29, 1.82) is 0 Å². The van der Waals surface area contributed by atoms with Gasteiger partial charge in [0, 0.05) is 24.0 Å². The van der Waals surface area contributed by atoms with E-state index in [9.17, 15) is 4.79 Å². The maximum Gasteiger partial charge on any atom is 0.254 e. The first kappa shape index (κ1) is 17.5. The average molecular weight is 360 g/mol. The second kappa shape index (κ2) is 7.39. The number of hydrogen-bond acceptors (Lipinski definition) is 3. The van der Waals surface area contributed by atoms with Crippen molar-refractivity contribution < 1.29 is 9.53 Å². The lowest BCUT2D eigenvalue weighted by molar-refractivity contribution is 0.0685. The summed E-state index contributed by atoms with van der Waals surface area (Å²) in [6.45, 7) is 3.87. The highest BCUT2D eigenvalue weighted by molar-refractivity contribution is 6.07. The van der Waals surface area contributed by atoms with Crippen molar-refractivity contribution in [3.05, 3.63) is 60.2 Å². The first-order valence-corrected chi connectivity index (χ1v) is 9.49. The Labute approximate surface area is 159 Å². The highest BCUT2D eigenvalue weighted by Crippen LogP contribution is 2.28. The summed E-state index contributed by atoms with van der Waals surface area (Å²) >= 11 is 0. The second-order valence-corrected chi connectivity index (χ2v) is 7.30. The number of ether oxygens (including phenoxy) is 1. The van der Waals surface area contributed by atoms with E-state index < -0.39 is 0 Å². The first-order chi connectivity index (χ1) is 13.2. The van der Waals surface area contributed by atoms with Crippen LogP contribution in [0.25, 0.3) is 22.2 Å². The molecule has 0 spiro atoms. The molecule has 138 valence electrons. The Morgan fingerprint density at radius 3 is 2.67 bits per heavy atom. The average Bonchev–Trinajstić information content (AvgIpc) is 2.72. The topological polar surface area (TPSA) is 42.4 Å². The molecule has 1 unspecified atom stereocenters. The van der Waals surface area contributed by atoms with Crippen LogP contribution in [-0.2, 0) is 0 Å². The van der Waals surface area contributed by atoms with Gasteiger partial charge >= 0.3 is 0 Å². The van der Waals surface area contributed by atoms with Crippen molar-refractivity contribution >= 4 is 16.8 Å². The standard InChI is InChI=1S/C23H24N2O2/c1-16-6-5-13-25(15-16)23(26)20-14-22(17-9-11-18(27-2)12-10-17)24-21-8-4-3-7-19(20)21/h3-4,7-12,14,16H,5-6,13,15H2,1-2H3. The number of hydrogen-bond donors (Lipinski definition) is 0. The van der Waals surface area contributed by atoms with E-state index in [1.807, 2.05) is 59.5 Å². The van der Waals surface area contributed by atoms with Gasteiger partial charge in [0.1, 0.15) is 5.75 Å². The molecule has 2 aromatic carbocycles. The Morgan fingerprint density at radius 2 is 1.93 bits per heavy atom. The minimum absolute atomic E-state index is 0.106. The number of piperidine rings is 1. The number of methoxy groups -OCH3 is 1. The number of likely N-dealkylation sites (tertiary alicyclic amines) is 1. The number of aromatic nitrogens is 1. The van der Waals surface area contributed by atoms with Gasteiger partial charge in [-0.3, -0.25) is 4.79 Å². The molecule has 0 aliphatic carbocycles. The number of para-hydroxylation sites is 1. The quantitative estimate of drug-likeness (QED) is 0.675. The zero-order valence-electron chi connectivity index (χ0n) is 15.8. The van der Waals surface area contributed by atoms with Crippen LogP contribution in [0.2, 0.25) is 0 Å². The minimum Gasteiger partial charge on any atom is -0.497 e. The molecule has 3 aromatic rings. The van der Waals surface area contributed by atoms with Gasteiger partial charge in [-0.15, -0.1) is 0 Å². The molecule has 4 nitrogen and oxygen atoms in total. The number of nitrogens with zero attached hydrogens (tertiary/aromatic N) is 2. The third-order valence-electron chi connectivity index (χ3n) is 5.28. The lowest BCUT2D eigenvalue weighted by Gasteiger charge is -2.31. The largest absolute Gasteiger partial charge is 0.497 e. The van der Waals surface area contributed by atoms with Gasteiger partial charge in [-0.1, -0.05) is 25.1 Å². The third-order valence-corrected chi connectivity index (χ3v) is 5.28. The first-order valence-electron chi connectivity index (χ1n) is 9.49. The van der Waals surface area contributed by atoms with Crippen LogP contribution in [0.5, 0.6) is 5.75 Å². The number of carbonyl (C=O) groups is 1. The Bertz CT molecular complexity index is 966. The van der Waals surface area contributed by atoms with Crippen molar-refractivity contribution in [3.8, 4) is 17.0 Å². The highest BCUT2D eigenvalue weighted by Gasteiger charge is 2.24. The SMILES string of the molecule is COc1ccc(-c2cc(C(=O)N3CCCC(C)C3)c3ccccc3n2)cc1. The van der Waals surface area contributed by atoms with Gasteiger partial charge in [0.05, 0.1) is 23.9 Å². The second-order valence-electron chi connectivity index (χ2n) is 7.30. The Kier molecular flexibility index (Phi) is 4.80. The molecule has 1 aliphatic heterocycles. The summed E-state index contributed by atoms with van der Waals surface area (Å²) in [6.07, 6.45) is 2.26. The molecule has 1 aromatic heterocycles. The maximum atomic E-state index is 13.3. The van der Waals surface area contributed by atoms with E-state index in [2.05, 4.69) is 6.92 Å². The number of fused-ring (bicyclic) bond motifs is 1. The summed E-state index contributed by atoms with van der Waals surface area (Å²) in [7, 11) is 1.65. The van der Waals surface area contributed by atoms with Crippen LogP contribution < -0.4 is 4.74 Å². The zero-order chi connectivity index (χ0) is 18.8. The maximum absolute atomic E-state index is 13.3. The molecule has 4 rings (SSSR count). The van der Waals surface area contributed by atoms with E-state index in [0.717, 1.165) is 53.0 Å². The van der Waals surface area contributed by atoms with E-state index in [-0.39, 0.29) is 5.91 Å². The number of amides is 1. The van der Waals surface area contributed by atoms with Crippen molar-refractivity contribution in [2.24, 2.45) is 5.92 Å². The molecule has 27 heavy (non-hydrogen) atoms. The summed E-state index contributed by atoms with van der Waals surface area (Å²) in [4.78, 5) is 20.1. The summed E-state index contributed by atoms with van der Waals surface area (Å²) in [5, 5.41) is 0.915. The van der Waals surface area contributed by atoms with E-state index in [1.165, 1.54) is 6.42 Å². The summed E-state index contributed by atoms with van der Waals surface area (Å²) in [6, 6.07) is 17.6. The minimum atomic E-state index is 0.106. The molecule has 1 amide bonds. The molecular weight excluding hydrogens is 336 g/mol. The molecule has 1 saturated heterocycles. The Morgan fingerprint density at radius 1 is 1.15 bits per heavy atom. The molecule has 0 N–H and O–H groups in total. The third kappa shape index (κ3) is 3.52. The molecule has 0 radical (unpaired) electrons. The zero-order valence-corrected chi connectivity index (χ0v) is 15.8. The van der Waals surface area contributed by atoms with Crippen molar-refractivity contribution in [1.82, 2.24) is 9.88 Å². The summed E-state index contributed by atoms with van der Waals surface area (Å²) < 4.78 is 5.25. The number of pyridine rings is 1. The van der Waals surface area contributed by atoms with E-state index >= 15 is 0 Å². The van der Waals surface area contributed by atoms with Crippen molar-refractivity contribution in [2.75, 3.05) is 20.2 Å². The van der Waals surface area contributed by atoms with Gasteiger partial charge in [-0.25, -0.2) is 4.98 Å². The molecule has 1 fully saturated rings. The summed E-state index contributed by atoms with van der Waals surface area (Å²) in [5.41, 5.74) is 3.37. The van der Waals surface area contributed by atoms with Crippen LogP contribution in [-0.4, -0.2) is 36.0 Å². The lowest BCUT2D eigenvalue weighted by atomic mass is 9.98. The van der Waals surface area contributed by atoms with Crippen LogP contribution >= 0.6 is 0 Å². The van der Waals surface area contributed by atoms with E-state index in [1.54, 1.807) is 7.11 Å². The van der Waals surface area contributed by atoms with Gasteiger partial charge in [-0.2, -0.15) is 0 Å². The lowest BCUT2D eigenvalue weighted by Crippen LogP contribution is -2.39. The van der Waals surface area contributed by atoms with Crippen LogP contribution in [0, 0.1) is 5.92 Å². The Balaban J connectivity index is 1.79. The van der Waals surface area contributed by atoms with E-state index in [0.29, 0.717) is 5.92 Å². The highest BCUT2D eigenvalue weighted by atomic mass is 16.5. The van der Waals surface area contributed by atoms with Crippen LogP contribution in [0.3, 0.4) is 0 Å². The Hall–Kier alpha value is -2.88. The van der Waals surface area contributed by atoms with Gasteiger partial charge in [0.2, 0.25) is 0 Å². The smallest absolute Gasteiger partial charge is 0.254 e. The van der Waals surface area contributed by atoms with E-state index in [4.69, 9.17) is 9.72 Å². The fourth-order valence-corrected chi connectivity index (χ4v) is 3.81. The van der Waals surface area contributed by atoms with Crippen LogP contribution in [0.1, 0.15) is 30.1 Å². The van der Waals surface area contributed by atoms with Crippen LogP contribution in [0.15, 0.2) is 54.6 Å². The van der Waals surface area contributed by atoms with Crippen LogP contribution in [0.4, 0.5) is 0 Å². The normalized spacial score (nSPS) is 17.1. The molecule has 1 atom stereocenters. The number of benzene rings is 2. The fraction of sp³-hybridized carbons (Fsp3) is 0.304.